The minimum Gasteiger partial charge on any atom is -0.464 e. The van der Waals surface area contributed by atoms with Crippen molar-refractivity contribution in [1.29, 1.82) is 0 Å². The lowest BCUT2D eigenvalue weighted by Gasteiger charge is -2.18. The van der Waals surface area contributed by atoms with Crippen LogP contribution in [0.5, 0.6) is 0 Å². The van der Waals surface area contributed by atoms with Crippen LogP contribution in [0.15, 0.2) is 29.0 Å². The lowest BCUT2D eigenvalue weighted by Crippen LogP contribution is -2.18. The van der Waals surface area contributed by atoms with Crippen molar-refractivity contribution in [3.63, 3.8) is 0 Å². The van der Waals surface area contributed by atoms with E-state index in [0.29, 0.717) is 11.5 Å². The van der Waals surface area contributed by atoms with Crippen molar-refractivity contribution in [3.05, 3.63) is 24.6 Å². The fourth-order valence-corrected chi connectivity index (χ4v) is 2.76. The number of nitrogens with one attached hydrogen (secondary N) is 1. The summed E-state index contributed by atoms with van der Waals surface area (Å²) < 4.78 is 5.38. The summed E-state index contributed by atoms with van der Waals surface area (Å²) >= 11 is 0. The molecule has 1 aliphatic carbocycles. The second kappa shape index (κ2) is 3.76. The third kappa shape index (κ3) is 2.02. The van der Waals surface area contributed by atoms with Gasteiger partial charge in [-0.05, 0) is 36.8 Å². The van der Waals surface area contributed by atoms with Crippen molar-refractivity contribution in [2.75, 3.05) is 5.32 Å². The Bertz CT molecular complexity index is 530. The van der Waals surface area contributed by atoms with Gasteiger partial charge in [0.15, 0.2) is 0 Å². The van der Waals surface area contributed by atoms with Gasteiger partial charge >= 0.3 is 0 Å². The smallest absolute Gasteiger partial charge is 0.139 e. The molecule has 0 spiro atoms. The number of rotatable bonds is 2. The first-order valence-corrected chi connectivity index (χ1v) is 6.23. The van der Waals surface area contributed by atoms with Crippen molar-refractivity contribution < 1.29 is 4.42 Å². The molecule has 0 aromatic carbocycles. The zero-order chi connectivity index (χ0) is 11.9. The largest absolute Gasteiger partial charge is 0.464 e. The van der Waals surface area contributed by atoms with Gasteiger partial charge in [0.05, 0.1) is 11.6 Å². The molecule has 1 aliphatic rings. The first-order valence-electron chi connectivity index (χ1n) is 6.23. The van der Waals surface area contributed by atoms with Crippen LogP contribution >= 0.6 is 0 Å². The summed E-state index contributed by atoms with van der Waals surface area (Å²) in [6.45, 7) is 4.67. The van der Waals surface area contributed by atoms with Gasteiger partial charge in [0, 0.05) is 12.2 Å². The predicted octanol–water partition coefficient (Wildman–Crippen LogP) is 3.82. The quantitative estimate of drug-likeness (QED) is 0.852. The van der Waals surface area contributed by atoms with Crippen molar-refractivity contribution in [2.24, 2.45) is 5.41 Å². The molecule has 1 atom stereocenters. The Morgan fingerprint density at radius 2 is 2.29 bits per heavy atom. The summed E-state index contributed by atoms with van der Waals surface area (Å²) in [6.07, 6.45) is 7.24. The minimum atomic E-state index is 0.460. The number of nitrogens with zero attached hydrogens (tertiary/aromatic N) is 1. The predicted molar refractivity (Wildman–Crippen MR) is 69.1 cm³/mol. The summed E-state index contributed by atoms with van der Waals surface area (Å²) in [4.78, 5) is 4.42. The summed E-state index contributed by atoms with van der Waals surface area (Å²) in [5.41, 5.74) is 1.36. The standard InChI is InChI=1S/C14H18N2O/c1-14(2)6-3-10(9-14)16-13-11-5-8-17-12(11)4-7-15-13/h4-5,7-8,10H,3,6,9H2,1-2H3,(H,15,16). The summed E-state index contributed by atoms with van der Waals surface area (Å²) in [5.74, 6) is 0.957. The van der Waals surface area contributed by atoms with E-state index < -0.39 is 0 Å². The second-order valence-corrected chi connectivity index (χ2v) is 5.74. The molecule has 90 valence electrons. The van der Waals surface area contributed by atoms with Crippen LogP contribution in [-0.4, -0.2) is 11.0 Å². The Kier molecular flexibility index (Phi) is 2.35. The van der Waals surface area contributed by atoms with E-state index in [1.54, 1.807) is 12.5 Å². The molecule has 17 heavy (non-hydrogen) atoms. The second-order valence-electron chi connectivity index (χ2n) is 5.74. The van der Waals surface area contributed by atoms with Crippen LogP contribution < -0.4 is 5.32 Å². The van der Waals surface area contributed by atoms with Crippen LogP contribution in [0.1, 0.15) is 33.1 Å². The van der Waals surface area contributed by atoms with Crippen LogP contribution in [0.4, 0.5) is 5.82 Å². The van der Waals surface area contributed by atoms with E-state index in [1.165, 1.54) is 19.3 Å². The van der Waals surface area contributed by atoms with Crippen molar-refractivity contribution in [2.45, 2.75) is 39.2 Å². The van der Waals surface area contributed by atoms with E-state index in [0.717, 1.165) is 16.8 Å². The van der Waals surface area contributed by atoms with E-state index in [1.807, 2.05) is 12.1 Å². The average molecular weight is 230 g/mol. The number of furan rings is 1. The molecule has 2 aromatic heterocycles. The van der Waals surface area contributed by atoms with Gasteiger partial charge in [-0.1, -0.05) is 13.8 Å². The molecule has 0 aliphatic heterocycles. The number of anilines is 1. The van der Waals surface area contributed by atoms with Gasteiger partial charge in [-0.2, -0.15) is 0 Å². The molecule has 0 amide bonds. The summed E-state index contributed by atoms with van der Waals surface area (Å²) in [7, 11) is 0. The number of fused-ring (bicyclic) bond motifs is 1. The molecule has 1 unspecified atom stereocenters. The molecule has 0 saturated heterocycles. The van der Waals surface area contributed by atoms with Gasteiger partial charge in [0.25, 0.3) is 0 Å². The first-order chi connectivity index (χ1) is 8.14. The van der Waals surface area contributed by atoms with Crippen LogP contribution in [0.3, 0.4) is 0 Å². The number of pyridine rings is 1. The molecule has 0 bridgehead atoms. The highest BCUT2D eigenvalue weighted by Crippen LogP contribution is 2.38. The van der Waals surface area contributed by atoms with Gasteiger partial charge in [0.1, 0.15) is 11.4 Å². The number of hydrogen-bond acceptors (Lipinski definition) is 3. The highest BCUT2D eigenvalue weighted by atomic mass is 16.3. The first kappa shape index (κ1) is 10.6. The molecule has 1 saturated carbocycles. The summed E-state index contributed by atoms with van der Waals surface area (Å²) in [5, 5.41) is 4.64. The van der Waals surface area contributed by atoms with E-state index >= 15 is 0 Å². The monoisotopic (exact) mass is 230 g/mol. The highest BCUT2D eigenvalue weighted by molar-refractivity contribution is 5.87. The third-order valence-electron chi connectivity index (χ3n) is 3.69. The maximum atomic E-state index is 5.38. The minimum absolute atomic E-state index is 0.460. The Morgan fingerprint density at radius 3 is 3.06 bits per heavy atom. The molecule has 3 rings (SSSR count). The zero-order valence-electron chi connectivity index (χ0n) is 10.4. The van der Waals surface area contributed by atoms with E-state index in [9.17, 15) is 0 Å². The molecule has 2 heterocycles. The number of aromatic nitrogens is 1. The van der Waals surface area contributed by atoms with E-state index in [4.69, 9.17) is 4.42 Å². The van der Waals surface area contributed by atoms with Gasteiger partial charge in [-0.15, -0.1) is 0 Å². The van der Waals surface area contributed by atoms with Gasteiger partial charge in [0.2, 0.25) is 0 Å². The third-order valence-corrected chi connectivity index (χ3v) is 3.69. The molecular formula is C14H18N2O. The lowest BCUT2D eigenvalue weighted by atomic mass is 9.92. The highest BCUT2D eigenvalue weighted by Gasteiger charge is 2.31. The SMILES string of the molecule is CC1(C)CCC(Nc2nccc3occc23)C1. The maximum Gasteiger partial charge on any atom is 0.139 e. The van der Waals surface area contributed by atoms with E-state index in [-0.39, 0.29) is 0 Å². The number of hydrogen-bond donors (Lipinski definition) is 1. The van der Waals surface area contributed by atoms with Gasteiger partial charge < -0.3 is 9.73 Å². The lowest BCUT2D eigenvalue weighted by molar-refractivity contribution is 0.378. The molecule has 0 radical (unpaired) electrons. The van der Waals surface area contributed by atoms with Crippen LogP contribution in [0.25, 0.3) is 11.0 Å². The fourth-order valence-electron chi connectivity index (χ4n) is 2.76. The fraction of sp³-hybridized carbons (Fsp3) is 0.500. The van der Waals surface area contributed by atoms with Crippen LogP contribution in [0.2, 0.25) is 0 Å². The molecule has 3 nitrogen and oxygen atoms in total. The van der Waals surface area contributed by atoms with Gasteiger partial charge in [-0.3, -0.25) is 0 Å². The van der Waals surface area contributed by atoms with Gasteiger partial charge in [-0.25, -0.2) is 4.98 Å². The normalized spacial score (nSPS) is 23.1. The van der Waals surface area contributed by atoms with Crippen molar-refractivity contribution in [3.8, 4) is 0 Å². The van der Waals surface area contributed by atoms with E-state index in [2.05, 4.69) is 24.1 Å². The topological polar surface area (TPSA) is 38.1 Å². The van der Waals surface area contributed by atoms with Crippen molar-refractivity contribution >= 4 is 16.8 Å². The average Bonchev–Trinajstić information content (AvgIpc) is 2.85. The Morgan fingerprint density at radius 1 is 1.41 bits per heavy atom. The molecular weight excluding hydrogens is 212 g/mol. The van der Waals surface area contributed by atoms with Crippen LogP contribution in [-0.2, 0) is 0 Å². The Hall–Kier alpha value is -1.51. The van der Waals surface area contributed by atoms with Crippen molar-refractivity contribution in [1.82, 2.24) is 4.98 Å². The molecule has 3 heteroatoms. The Balaban J connectivity index is 1.84. The maximum absolute atomic E-state index is 5.38. The summed E-state index contributed by atoms with van der Waals surface area (Å²) in [6, 6.07) is 4.42. The van der Waals surface area contributed by atoms with Crippen LogP contribution in [0, 0.1) is 5.41 Å². The zero-order valence-corrected chi connectivity index (χ0v) is 10.4. The molecule has 2 aromatic rings. The molecule has 1 N–H and O–H groups in total. The Labute approximate surface area is 101 Å². The molecule has 1 fully saturated rings.